The molecule has 0 fully saturated rings. The number of hydrogen-bond acceptors (Lipinski definition) is 3. The first kappa shape index (κ1) is 19.8. The van der Waals surface area contributed by atoms with Crippen molar-refractivity contribution in [1.82, 2.24) is 14.3 Å². The van der Waals surface area contributed by atoms with Gasteiger partial charge >= 0.3 is 0 Å². The molecule has 1 aliphatic heterocycles. The molecule has 1 aliphatic rings. The molecular weight excluding hydrogens is 386 g/mol. The van der Waals surface area contributed by atoms with E-state index in [1.807, 2.05) is 67.2 Å². The molecule has 0 unspecified atom stereocenters. The van der Waals surface area contributed by atoms with Crippen LogP contribution in [0.1, 0.15) is 30.2 Å². The van der Waals surface area contributed by atoms with Crippen molar-refractivity contribution >= 4 is 11.6 Å². The standard InChI is InChI=1S/C23H26ClN3O2/c1-4-20-14-26(13-17-10-11-18(24)12-22(17)29-20)15-21-16(2)25(3)27(23(21)28)19-8-6-5-7-9-19/h5-12,20H,4,13-15H2,1-3H3/t20-/m0/s1. The molecule has 0 amide bonds. The summed E-state index contributed by atoms with van der Waals surface area (Å²) in [6, 6.07) is 15.6. The molecule has 1 atom stereocenters. The fourth-order valence-corrected chi connectivity index (χ4v) is 4.10. The van der Waals surface area contributed by atoms with Gasteiger partial charge in [-0.3, -0.25) is 14.4 Å². The zero-order valence-electron chi connectivity index (χ0n) is 17.1. The van der Waals surface area contributed by atoms with Crippen LogP contribution in [0.4, 0.5) is 0 Å². The summed E-state index contributed by atoms with van der Waals surface area (Å²) in [5, 5.41) is 0.678. The number of hydrogen-bond donors (Lipinski definition) is 0. The summed E-state index contributed by atoms with van der Waals surface area (Å²) in [5.41, 5.74) is 3.81. The van der Waals surface area contributed by atoms with Crippen LogP contribution in [-0.2, 0) is 20.1 Å². The second kappa shape index (κ2) is 8.09. The van der Waals surface area contributed by atoms with Gasteiger partial charge in [-0.2, -0.15) is 0 Å². The molecule has 3 aromatic rings. The van der Waals surface area contributed by atoms with Gasteiger partial charge < -0.3 is 4.74 Å². The van der Waals surface area contributed by atoms with Gasteiger partial charge in [0.15, 0.2) is 0 Å². The number of rotatable bonds is 4. The van der Waals surface area contributed by atoms with Gasteiger partial charge in [-0.05, 0) is 37.6 Å². The van der Waals surface area contributed by atoms with Crippen LogP contribution in [0.15, 0.2) is 53.3 Å². The average molecular weight is 412 g/mol. The summed E-state index contributed by atoms with van der Waals surface area (Å²) in [7, 11) is 1.94. The lowest BCUT2D eigenvalue weighted by Crippen LogP contribution is -2.33. The topological polar surface area (TPSA) is 39.4 Å². The average Bonchev–Trinajstić information content (AvgIpc) is 2.85. The molecule has 2 heterocycles. The Morgan fingerprint density at radius 2 is 1.93 bits per heavy atom. The Bertz CT molecular complexity index is 1070. The van der Waals surface area contributed by atoms with Gasteiger partial charge in [0.25, 0.3) is 5.56 Å². The lowest BCUT2D eigenvalue weighted by molar-refractivity contribution is 0.139. The van der Waals surface area contributed by atoms with E-state index in [1.54, 1.807) is 4.68 Å². The smallest absolute Gasteiger partial charge is 0.276 e. The first-order chi connectivity index (χ1) is 14.0. The predicted octanol–water partition coefficient (Wildman–Crippen LogP) is 4.31. The van der Waals surface area contributed by atoms with Crippen molar-refractivity contribution in [2.45, 2.75) is 39.5 Å². The number of fused-ring (bicyclic) bond motifs is 1. The van der Waals surface area contributed by atoms with E-state index < -0.39 is 0 Å². The van der Waals surface area contributed by atoms with Gasteiger partial charge in [0.05, 0.1) is 11.3 Å². The van der Waals surface area contributed by atoms with Crippen LogP contribution in [0.2, 0.25) is 5.02 Å². The van der Waals surface area contributed by atoms with E-state index in [4.69, 9.17) is 16.3 Å². The maximum atomic E-state index is 13.3. The SMILES string of the molecule is CC[C@H]1CN(Cc2c(C)n(C)n(-c3ccccc3)c2=O)Cc2ccc(Cl)cc2O1. The van der Waals surface area contributed by atoms with E-state index in [2.05, 4.69) is 11.8 Å². The Morgan fingerprint density at radius 3 is 2.66 bits per heavy atom. The Hall–Kier alpha value is -2.50. The molecule has 29 heavy (non-hydrogen) atoms. The van der Waals surface area contributed by atoms with Crippen LogP contribution in [0.25, 0.3) is 5.69 Å². The van der Waals surface area contributed by atoms with Crippen LogP contribution in [0.5, 0.6) is 5.75 Å². The Labute approximate surface area is 176 Å². The van der Waals surface area contributed by atoms with E-state index in [0.29, 0.717) is 11.6 Å². The summed E-state index contributed by atoms with van der Waals surface area (Å²) >= 11 is 6.17. The van der Waals surface area contributed by atoms with Gasteiger partial charge in [-0.15, -0.1) is 0 Å². The normalized spacial score (nSPS) is 16.9. The van der Waals surface area contributed by atoms with E-state index in [9.17, 15) is 4.79 Å². The molecule has 0 radical (unpaired) electrons. The molecule has 0 N–H and O–H groups in total. The number of halogens is 1. The van der Waals surface area contributed by atoms with E-state index >= 15 is 0 Å². The third-order valence-electron chi connectivity index (χ3n) is 5.69. The maximum absolute atomic E-state index is 13.3. The Morgan fingerprint density at radius 1 is 1.17 bits per heavy atom. The third-order valence-corrected chi connectivity index (χ3v) is 5.92. The minimum atomic E-state index is 0.0331. The van der Waals surface area contributed by atoms with E-state index in [-0.39, 0.29) is 11.7 Å². The predicted molar refractivity (Wildman–Crippen MR) is 116 cm³/mol. The highest BCUT2D eigenvalue weighted by molar-refractivity contribution is 6.30. The van der Waals surface area contributed by atoms with Gasteiger partial charge in [0, 0.05) is 43.0 Å². The van der Waals surface area contributed by atoms with Crippen molar-refractivity contribution in [2.24, 2.45) is 7.05 Å². The second-order valence-corrected chi connectivity index (χ2v) is 8.05. The monoisotopic (exact) mass is 411 g/mol. The van der Waals surface area contributed by atoms with Gasteiger partial charge in [0.1, 0.15) is 11.9 Å². The van der Waals surface area contributed by atoms with Crippen molar-refractivity contribution in [3.05, 3.63) is 80.7 Å². The first-order valence-electron chi connectivity index (χ1n) is 9.98. The van der Waals surface area contributed by atoms with Crippen molar-refractivity contribution in [3.8, 4) is 11.4 Å². The summed E-state index contributed by atoms with van der Waals surface area (Å²) in [4.78, 5) is 15.6. The molecule has 0 bridgehead atoms. The van der Waals surface area contributed by atoms with Crippen LogP contribution >= 0.6 is 11.6 Å². The minimum Gasteiger partial charge on any atom is -0.489 e. The zero-order chi connectivity index (χ0) is 20.5. The molecule has 2 aromatic carbocycles. The lowest BCUT2D eigenvalue weighted by atomic mass is 10.1. The Kier molecular flexibility index (Phi) is 5.52. The second-order valence-electron chi connectivity index (χ2n) is 7.61. The number of nitrogens with zero attached hydrogens (tertiary/aromatic N) is 3. The molecule has 0 aliphatic carbocycles. The highest BCUT2D eigenvalue weighted by Crippen LogP contribution is 2.29. The van der Waals surface area contributed by atoms with E-state index in [1.165, 1.54) is 0 Å². The number of ether oxygens (including phenoxy) is 1. The van der Waals surface area contributed by atoms with Gasteiger partial charge in [0.2, 0.25) is 0 Å². The molecule has 1 aromatic heterocycles. The highest BCUT2D eigenvalue weighted by atomic mass is 35.5. The molecular formula is C23H26ClN3O2. The zero-order valence-corrected chi connectivity index (χ0v) is 17.8. The largest absolute Gasteiger partial charge is 0.489 e. The third kappa shape index (κ3) is 3.85. The summed E-state index contributed by atoms with van der Waals surface area (Å²) in [5.74, 6) is 0.846. The van der Waals surface area contributed by atoms with Crippen LogP contribution in [0.3, 0.4) is 0 Å². The van der Waals surface area contributed by atoms with Crippen molar-refractivity contribution in [1.29, 1.82) is 0 Å². The molecule has 0 saturated heterocycles. The van der Waals surface area contributed by atoms with Crippen molar-refractivity contribution < 1.29 is 4.74 Å². The fraction of sp³-hybridized carbons (Fsp3) is 0.348. The Balaban J connectivity index is 1.68. The number of aromatic nitrogens is 2. The molecule has 152 valence electrons. The van der Waals surface area contributed by atoms with Crippen LogP contribution in [-0.4, -0.2) is 26.9 Å². The quantitative estimate of drug-likeness (QED) is 0.642. The molecule has 5 nitrogen and oxygen atoms in total. The van der Waals surface area contributed by atoms with Crippen LogP contribution in [0, 0.1) is 6.92 Å². The molecule has 6 heteroatoms. The van der Waals surface area contributed by atoms with Crippen LogP contribution < -0.4 is 10.3 Å². The maximum Gasteiger partial charge on any atom is 0.276 e. The summed E-state index contributed by atoms with van der Waals surface area (Å²) < 4.78 is 9.88. The van der Waals surface area contributed by atoms with E-state index in [0.717, 1.165) is 47.8 Å². The molecule has 0 saturated carbocycles. The fourth-order valence-electron chi connectivity index (χ4n) is 3.94. The number of para-hydroxylation sites is 1. The van der Waals surface area contributed by atoms with Gasteiger partial charge in [-0.25, -0.2) is 4.68 Å². The van der Waals surface area contributed by atoms with Crippen molar-refractivity contribution in [3.63, 3.8) is 0 Å². The lowest BCUT2D eigenvalue weighted by Gasteiger charge is -2.22. The summed E-state index contributed by atoms with van der Waals surface area (Å²) in [6.07, 6.45) is 0.958. The number of benzene rings is 2. The first-order valence-corrected chi connectivity index (χ1v) is 10.4. The molecule has 4 rings (SSSR count). The summed E-state index contributed by atoms with van der Waals surface area (Å²) in [6.45, 7) is 6.20. The van der Waals surface area contributed by atoms with Gasteiger partial charge in [-0.1, -0.05) is 42.8 Å². The minimum absolute atomic E-state index is 0.0331. The highest BCUT2D eigenvalue weighted by Gasteiger charge is 2.25. The van der Waals surface area contributed by atoms with Crippen molar-refractivity contribution in [2.75, 3.05) is 6.54 Å². The molecule has 0 spiro atoms.